The van der Waals surface area contributed by atoms with Crippen LogP contribution >= 0.6 is 0 Å². The van der Waals surface area contributed by atoms with E-state index < -0.39 is 11.7 Å². The van der Waals surface area contributed by atoms with Crippen molar-refractivity contribution < 1.29 is 13.2 Å². The highest BCUT2D eigenvalue weighted by Gasteiger charge is 2.30. The third-order valence-corrected chi connectivity index (χ3v) is 4.36. The van der Waals surface area contributed by atoms with Gasteiger partial charge < -0.3 is 0 Å². The molecule has 0 bridgehead atoms. The van der Waals surface area contributed by atoms with E-state index in [9.17, 15) is 13.2 Å². The van der Waals surface area contributed by atoms with Gasteiger partial charge in [0.05, 0.1) is 17.8 Å². The largest absolute Gasteiger partial charge is 0.416 e. The number of halogens is 3. The minimum absolute atomic E-state index is 0.535. The smallest absolute Gasteiger partial charge is 0.256 e. The molecular formula is C21H11F3N2. The zero-order chi connectivity index (χ0) is 18.3. The molecule has 1 aromatic heterocycles. The van der Waals surface area contributed by atoms with Crippen molar-refractivity contribution >= 4 is 27.2 Å². The first kappa shape index (κ1) is 16.1. The van der Waals surface area contributed by atoms with Crippen LogP contribution in [0.3, 0.4) is 0 Å². The number of nitrogens with zero attached hydrogens (tertiary/aromatic N) is 2. The number of alkyl halides is 3. The Kier molecular flexibility index (Phi) is 3.62. The summed E-state index contributed by atoms with van der Waals surface area (Å²) in [5.41, 5.74) is 1.47. The molecule has 26 heavy (non-hydrogen) atoms. The van der Waals surface area contributed by atoms with E-state index in [1.165, 1.54) is 12.1 Å². The molecule has 0 atom stereocenters. The molecule has 0 saturated carbocycles. The molecule has 0 amide bonds. The third kappa shape index (κ3) is 2.66. The quantitative estimate of drug-likeness (QED) is 0.279. The van der Waals surface area contributed by atoms with Gasteiger partial charge in [-0.1, -0.05) is 42.5 Å². The van der Waals surface area contributed by atoms with E-state index in [4.69, 9.17) is 6.57 Å². The van der Waals surface area contributed by atoms with Gasteiger partial charge in [-0.2, -0.15) is 13.2 Å². The molecule has 0 N–H and O–H groups in total. The Labute approximate surface area is 147 Å². The van der Waals surface area contributed by atoms with Gasteiger partial charge in [0.25, 0.3) is 0 Å². The van der Waals surface area contributed by atoms with E-state index in [1.54, 1.807) is 30.5 Å². The summed E-state index contributed by atoms with van der Waals surface area (Å²) in [5, 5.41) is 2.98. The van der Waals surface area contributed by atoms with Gasteiger partial charge in [-0.25, -0.2) is 4.85 Å². The lowest BCUT2D eigenvalue weighted by molar-refractivity contribution is -0.137. The maximum Gasteiger partial charge on any atom is 0.416 e. The van der Waals surface area contributed by atoms with Gasteiger partial charge in [0.2, 0.25) is 0 Å². The Morgan fingerprint density at radius 1 is 0.808 bits per heavy atom. The number of benzene rings is 3. The van der Waals surface area contributed by atoms with E-state index >= 15 is 0 Å². The summed E-state index contributed by atoms with van der Waals surface area (Å²) in [6.07, 6.45) is -2.71. The van der Waals surface area contributed by atoms with E-state index in [0.29, 0.717) is 11.1 Å². The molecule has 0 aliphatic rings. The van der Waals surface area contributed by atoms with Gasteiger partial charge in [0.1, 0.15) is 0 Å². The van der Waals surface area contributed by atoms with Crippen molar-refractivity contribution in [3.63, 3.8) is 0 Å². The van der Waals surface area contributed by atoms with Crippen LogP contribution in [0.1, 0.15) is 5.56 Å². The maximum atomic E-state index is 12.9. The molecule has 0 spiro atoms. The molecule has 0 saturated heterocycles. The van der Waals surface area contributed by atoms with E-state index in [2.05, 4.69) is 9.83 Å². The Bertz CT molecular complexity index is 1170. The lowest BCUT2D eigenvalue weighted by atomic mass is 9.97. The second-order valence-corrected chi connectivity index (χ2v) is 5.91. The summed E-state index contributed by atoms with van der Waals surface area (Å²) in [6, 6.07) is 16.2. The van der Waals surface area contributed by atoms with Crippen LogP contribution in [0.25, 0.3) is 37.6 Å². The van der Waals surface area contributed by atoms with Crippen LogP contribution < -0.4 is 0 Å². The molecule has 126 valence electrons. The molecule has 1 heterocycles. The average molecular weight is 348 g/mol. The number of pyridine rings is 1. The van der Waals surface area contributed by atoms with E-state index in [-0.39, 0.29) is 0 Å². The van der Waals surface area contributed by atoms with E-state index in [0.717, 1.165) is 33.5 Å². The van der Waals surface area contributed by atoms with Crippen molar-refractivity contribution in [1.29, 1.82) is 0 Å². The van der Waals surface area contributed by atoms with Gasteiger partial charge in [-0.05, 0) is 39.9 Å². The van der Waals surface area contributed by atoms with Crippen molar-refractivity contribution in [3.05, 3.63) is 83.8 Å². The van der Waals surface area contributed by atoms with Gasteiger partial charge in [0.15, 0.2) is 5.69 Å². The highest BCUT2D eigenvalue weighted by Crippen LogP contribution is 2.36. The topological polar surface area (TPSA) is 17.2 Å². The molecule has 5 heteroatoms. The highest BCUT2D eigenvalue weighted by molar-refractivity contribution is 6.11. The molecule has 2 nitrogen and oxygen atoms in total. The molecule has 0 radical (unpaired) electrons. The van der Waals surface area contributed by atoms with Crippen molar-refractivity contribution in [3.8, 4) is 11.3 Å². The van der Waals surface area contributed by atoms with Crippen LogP contribution in [0, 0.1) is 6.57 Å². The Hall–Kier alpha value is -3.39. The second kappa shape index (κ2) is 5.85. The number of aromatic nitrogens is 1. The molecular weight excluding hydrogens is 337 g/mol. The first-order valence-corrected chi connectivity index (χ1v) is 7.84. The number of rotatable bonds is 1. The number of fused-ring (bicyclic) bond motifs is 3. The third-order valence-electron chi connectivity index (χ3n) is 4.36. The minimum Gasteiger partial charge on any atom is -0.256 e. The molecule has 4 aromatic rings. The fourth-order valence-corrected chi connectivity index (χ4v) is 3.10. The predicted octanol–water partition coefficient (Wildman–Crippen LogP) is 6.62. The van der Waals surface area contributed by atoms with Crippen molar-refractivity contribution in [2.75, 3.05) is 0 Å². The summed E-state index contributed by atoms with van der Waals surface area (Å²) < 4.78 is 38.8. The van der Waals surface area contributed by atoms with Crippen molar-refractivity contribution in [2.24, 2.45) is 0 Å². The average Bonchev–Trinajstić information content (AvgIpc) is 2.66. The second-order valence-electron chi connectivity index (χ2n) is 5.91. The summed E-state index contributed by atoms with van der Waals surface area (Å²) >= 11 is 0. The lowest BCUT2D eigenvalue weighted by Gasteiger charge is -2.11. The molecule has 3 aromatic carbocycles. The zero-order valence-corrected chi connectivity index (χ0v) is 13.4. The number of hydrogen-bond acceptors (Lipinski definition) is 1. The standard InChI is InChI=1S/C21H11F3N2/c1-25-16-6-2-13(3-7-16)20-19-8-4-14-12-15(21(22,23)24)5-9-17(14)18(19)10-11-26-20/h2-12H. The molecule has 0 unspecified atom stereocenters. The molecule has 0 aliphatic heterocycles. The molecule has 4 rings (SSSR count). The zero-order valence-electron chi connectivity index (χ0n) is 13.4. The first-order valence-electron chi connectivity index (χ1n) is 7.84. The molecule has 0 fully saturated rings. The van der Waals surface area contributed by atoms with Gasteiger partial charge in [-0.15, -0.1) is 0 Å². The molecule has 0 aliphatic carbocycles. The van der Waals surface area contributed by atoms with Crippen LogP contribution in [-0.4, -0.2) is 4.98 Å². The van der Waals surface area contributed by atoms with Gasteiger partial charge in [0, 0.05) is 11.6 Å². The SMILES string of the molecule is [C-]#[N+]c1ccc(-c2nccc3c2ccc2cc(C(F)(F)F)ccc23)cc1. The summed E-state index contributed by atoms with van der Waals surface area (Å²) in [6.45, 7) is 7.03. The highest BCUT2D eigenvalue weighted by atomic mass is 19.4. The van der Waals surface area contributed by atoms with Crippen LogP contribution in [0.15, 0.2) is 66.9 Å². The van der Waals surface area contributed by atoms with Crippen LogP contribution in [0.5, 0.6) is 0 Å². The minimum atomic E-state index is -4.36. The van der Waals surface area contributed by atoms with Crippen LogP contribution in [-0.2, 0) is 6.18 Å². The van der Waals surface area contributed by atoms with Crippen LogP contribution in [0.2, 0.25) is 0 Å². The van der Waals surface area contributed by atoms with Crippen molar-refractivity contribution in [2.45, 2.75) is 6.18 Å². The maximum absolute atomic E-state index is 12.9. The first-order chi connectivity index (χ1) is 12.5. The Morgan fingerprint density at radius 3 is 2.23 bits per heavy atom. The van der Waals surface area contributed by atoms with Crippen molar-refractivity contribution in [1.82, 2.24) is 4.98 Å². The summed E-state index contributed by atoms with van der Waals surface area (Å²) in [7, 11) is 0. The Balaban J connectivity index is 1.94. The number of hydrogen-bond donors (Lipinski definition) is 0. The summed E-state index contributed by atoms with van der Waals surface area (Å²) in [4.78, 5) is 7.81. The van der Waals surface area contributed by atoms with Crippen LogP contribution in [0.4, 0.5) is 18.9 Å². The Morgan fingerprint density at radius 2 is 1.54 bits per heavy atom. The van der Waals surface area contributed by atoms with Gasteiger partial charge in [-0.3, -0.25) is 4.98 Å². The van der Waals surface area contributed by atoms with Gasteiger partial charge >= 0.3 is 6.18 Å². The van der Waals surface area contributed by atoms with E-state index in [1.807, 2.05) is 18.2 Å². The lowest BCUT2D eigenvalue weighted by Crippen LogP contribution is -2.04. The fourth-order valence-electron chi connectivity index (χ4n) is 3.10. The predicted molar refractivity (Wildman–Crippen MR) is 95.9 cm³/mol. The normalized spacial score (nSPS) is 11.6. The summed E-state index contributed by atoms with van der Waals surface area (Å²) in [5.74, 6) is 0. The fraction of sp³-hybridized carbons (Fsp3) is 0.0476. The monoisotopic (exact) mass is 348 g/mol.